The Morgan fingerprint density at radius 1 is 1.00 bits per heavy atom. The Balaban J connectivity index is 1.09. The minimum absolute atomic E-state index is 0.0867. The second-order valence-electron chi connectivity index (χ2n) is 9.67. The third-order valence-electron chi connectivity index (χ3n) is 7.11. The number of hydrogen-bond acceptors (Lipinski definition) is 5. The van der Waals surface area contributed by atoms with Crippen molar-refractivity contribution in [1.82, 2.24) is 20.1 Å². The zero-order valence-electron chi connectivity index (χ0n) is 20.2. The van der Waals surface area contributed by atoms with E-state index in [4.69, 9.17) is 11.6 Å². The molecule has 5 rings (SSSR count). The summed E-state index contributed by atoms with van der Waals surface area (Å²) >= 11 is 7.77. The second-order valence-corrected chi connectivity index (χ2v) is 11.0. The molecule has 2 fully saturated rings. The van der Waals surface area contributed by atoms with Crippen molar-refractivity contribution in [3.8, 4) is 0 Å². The van der Waals surface area contributed by atoms with E-state index in [1.165, 1.54) is 5.56 Å². The Bertz CT molecular complexity index is 1190. The molecule has 1 unspecified atom stereocenters. The van der Waals surface area contributed by atoms with Crippen molar-refractivity contribution in [2.75, 3.05) is 26.2 Å². The SMILES string of the molecule is O=C(NC1CCN(Cc2ccccc2)C1)c1csc(C2CCN(C(=O)Cc3ccccc3Cl)CC2)n1. The molecule has 0 radical (unpaired) electrons. The van der Waals surface area contributed by atoms with E-state index >= 15 is 0 Å². The monoisotopic (exact) mass is 522 g/mol. The lowest BCUT2D eigenvalue weighted by Gasteiger charge is -2.31. The normalized spacial score (nSPS) is 18.9. The molecule has 1 aromatic heterocycles. The molecule has 0 bridgehead atoms. The van der Waals surface area contributed by atoms with Crippen molar-refractivity contribution in [3.63, 3.8) is 0 Å². The molecule has 2 amide bonds. The summed E-state index contributed by atoms with van der Waals surface area (Å²) in [7, 11) is 0. The molecule has 6 nitrogen and oxygen atoms in total. The molecule has 0 spiro atoms. The van der Waals surface area contributed by atoms with Crippen molar-refractivity contribution in [3.05, 3.63) is 86.8 Å². The summed E-state index contributed by atoms with van der Waals surface area (Å²) in [6.45, 7) is 4.16. The van der Waals surface area contributed by atoms with Gasteiger partial charge >= 0.3 is 0 Å². The Hall–Kier alpha value is -2.74. The lowest BCUT2D eigenvalue weighted by atomic mass is 9.97. The molecule has 188 valence electrons. The summed E-state index contributed by atoms with van der Waals surface area (Å²) in [4.78, 5) is 34.6. The lowest BCUT2D eigenvalue weighted by molar-refractivity contribution is -0.131. The predicted molar refractivity (Wildman–Crippen MR) is 143 cm³/mol. The summed E-state index contributed by atoms with van der Waals surface area (Å²) in [6, 6.07) is 18.1. The fourth-order valence-electron chi connectivity index (χ4n) is 5.07. The van der Waals surface area contributed by atoms with Gasteiger partial charge in [-0.2, -0.15) is 0 Å². The molecule has 2 aliphatic heterocycles. The molecular formula is C28H31ClN4O2S. The first kappa shape index (κ1) is 24.9. The number of piperidine rings is 1. The number of nitrogens with zero attached hydrogens (tertiary/aromatic N) is 3. The van der Waals surface area contributed by atoms with Crippen LogP contribution in [0.5, 0.6) is 0 Å². The highest BCUT2D eigenvalue weighted by Gasteiger charge is 2.28. The van der Waals surface area contributed by atoms with Gasteiger partial charge < -0.3 is 10.2 Å². The number of likely N-dealkylation sites (tertiary alicyclic amines) is 2. The van der Waals surface area contributed by atoms with Crippen LogP contribution in [0.15, 0.2) is 60.0 Å². The first-order chi connectivity index (χ1) is 17.5. The number of aromatic nitrogens is 1. The number of carbonyl (C=O) groups excluding carboxylic acids is 2. The van der Waals surface area contributed by atoms with Crippen LogP contribution in [0.25, 0.3) is 0 Å². The second kappa shape index (κ2) is 11.5. The van der Waals surface area contributed by atoms with E-state index in [-0.39, 0.29) is 23.8 Å². The highest BCUT2D eigenvalue weighted by Crippen LogP contribution is 2.31. The van der Waals surface area contributed by atoms with E-state index in [0.29, 0.717) is 30.2 Å². The Kier molecular flexibility index (Phi) is 7.99. The van der Waals surface area contributed by atoms with Crippen LogP contribution in [-0.4, -0.2) is 58.8 Å². The maximum atomic E-state index is 12.9. The van der Waals surface area contributed by atoms with Gasteiger partial charge in [0.25, 0.3) is 5.91 Å². The van der Waals surface area contributed by atoms with Crippen molar-refractivity contribution < 1.29 is 9.59 Å². The van der Waals surface area contributed by atoms with Gasteiger partial charge in [0.2, 0.25) is 5.91 Å². The summed E-state index contributed by atoms with van der Waals surface area (Å²) in [5.41, 5.74) is 2.67. The Morgan fingerprint density at radius 3 is 2.53 bits per heavy atom. The first-order valence-corrected chi connectivity index (χ1v) is 13.8. The molecule has 1 atom stereocenters. The zero-order chi connectivity index (χ0) is 24.9. The van der Waals surface area contributed by atoms with Crippen molar-refractivity contribution in [2.45, 2.75) is 44.2 Å². The average molecular weight is 523 g/mol. The summed E-state index contributed by atoms with van der Waals surface area (Å²) in [5, 5.41) is 6.68. The van der Waals surface area contributed by atoms with Gasteiger partial charge in [-0.05, 0) is 36.5 Å². The molecule has 0 saturated carbocycles. The summed E-state index contributed by atoms with van der Waals surface area (Å²) in [6.07, 6.45) is 3.01. The number of carbonyl (C=O) groups is 2. The van der Waals surface area contributed by atoms with Gasteiger partial charge in [-0.1, -0.05) is 60.1 Å². The molecule has 0 aliphatic carbocycles. The van der Waals surface area contributed by atoms with Gasteiger partial charge in [-0.25, -0.2) is 4.98 Å². The van der Waals surface area contributed by atoms with Gasteiger partial charge in [-0.3, -0.25) is 14.5 Å². The number of amides is 2. The van der Waals surface area contributed by atoms with Gasteiger partial charge in [0.15, 0.2) is 0 Å². The van der Waals surface area contributed by atoms with E-state index in [1.54, 1.807) is 11.3 Å². The highest BCUT2D eigenvalue weighted by atomic mass is 35.5. The number of benzene rings is 2. The lowest BCUT2D eigenvalue weighted by Crippen LogP contribution is -2.39. The summed E-state index contributed by atoms with van der Waals surface area (Å²) in [5.74, 6) is 0.309. The maximum Gasteiger partial charge on any atom is 0.271 e. The molecule has 36 heavy (non-hydrogen) atoms. The minimum Gasteiger partial charge on any atom is -0.347 e. The molecule has 8 heteroatoms. The van der Waals surface area contributed by atoms with E-state index in [1.807, 2.05) is 40.6 Å². The number of rotatable bonds is 7. The number of hydrogen-bond donors (Lipinski definition) is 1. The smallest absolute Gasteiger partial charge is 0.271 e. The van der Waals surface area contributed by atoms with E-state index in [9.17, 15) is 9.59 Å². The molecule has 1 N–H and O–H groups in total. The van der Waals surface area contributed by atoms with Crippen LogP contribution >= 0.6 is 22.9 Å². The molecule has 2 saturated heterocycles. The fraction of sp³-hybridized carbons (Fsp3) is 0.393. The fourth-order valence-corrected chi connectivity index (χ4v) is 6.24. The minimum atomic E-state index is -0.0867. The molecule has 3 heterocycles. The zero-order valence-corrected chi connectivity index (χ0v) is 21.8. The van der Waals surface area contributed by atoms with Crippen LogP contribution in [0, 0.1) is 0 Å². The van der Waals surface area contributed by atoms with Crippen LogP contribution in [-0.2, 0) is 17.8 Å². The van der Waals surface area contributed by atoms with Gasteiger partial charge in [-0.15, -0.1) is 11.3 Å². The third-order valence-corrected chi connectivity index (χ3v) is 8.48. The molecule has 2 aliphatic rings. The highest BCUT2D eigenvalue weighted by molar-refractivity contribution is 7.09. The predicted octanol–water partition coefficient (Wildman–Crippen LogP) is 4.75. The van der Waals surface area contributed by atoms with Crippen molar-refractivity contribution >= 4 is 34.8 Å². The van der Waals surface area contributed by atoms with E-state index in [2.05, 4.69) is 39.5 Å². The Morgan fingerprint density at radius 2 is 1.75 bits per heavy atom. The maximum absolute atomic E-state index is 12.9. The standard InChI is InChI=1S/C28H31ClN4O2S/c29-24-9-5-4-8-22(24)16-26(34)33-14-10-21(11-15-33)28-31-25(19-36-28)27(35)30-23-12-13-32(18-23)17-20-6-2-1-3-7-20/h1-9,19,21,23H,10-18H2,(H,30,35). The average Bonchev–Trinajstić information content (AvgIpc) is 3.56. The number of thiazole rings is 1. The van der Waals surface area contributed by atoms with Gasteiger partial charge in [0.05, 0.1) is 11.4 Å². The van der Waals surface area contributed by atoms with Gasteiger partial charge in [0, 0.05) is 55.1 Å². The molecule has 3 aromatic rings. The van der Waals surface area contributed by atoms with Gasteiger partial charge in [0.1, 0.15) is 5.69 Å². The number of nitrogens with one attached hydrogen (secondary N) is 1. The third kappa shape index (κ3) is 6.14. The van der Waals surface area contributed by atoms with Crippen LogP contribution in [0.2, 0.25) is 5.02 Å². The molecule has 2 aromatic carbocycles. The van der Waals surface area contributed by atoms with Crippen LogP contribution in [0.1, 0.15) is 51.8 Å². The van der Waals surface area contributed by atoms with Crippen molar-refractivity contribution in [1.29, 1.82) is 0 Å². The van der Waals surface area contributed by atoms with Crippen molar-refractivity contribution in [2.24, 2.45) is 0 Å². The summed E-state index contributed by atoms with van der Waals surface area (Å²) < 4.78 is 0. The van der Waals surface area contributed by atoms with E-state index in [0.717, 1.165) is 49.5 Å². The van der Waals surface area contributed by atoms with Crippen LogP contribution in [0.4, 0.5) is 0 Å². The first-order valence-electron chi connectivity index (χ1n) is 12.6. The quantitative estimate of drug-likeness (QED) is 0.486. The van der Waals surface area contributed by atoms with Crippen LogP contribution in [0.3, 0.4) is 0 Å². The van der Waals surface area contributed by atoms with Crippen LogP contribution < -0.4 is 5.32 Å². The number of halogens is 1. The largest absolute Gasteiger partial charge is 0.347 e. The van der Waals surface area contributed by atoms with E-state index < -0.39 is 0 Å². The Labute approximate surface area is 221 Å². The molecular weight excluding hydrogens is 492 g/mol. The topological polar surface area (TPSA) is 65.5 Å².